The lowest BCUT2D eigenvalue weighted by Crippen LogP contribution is -2.19. The first-order valence-electron chi connectivity index (χ1n) is 11.8. The van der Waals surface area contributed by atoms with Crippen molar-refractivity contribution in [2.24, 2.45) is 5.92 Å². The van der Waals surface area contributed by atoms with E-state index in [0.717, 1.165) is 54.6 Å². The van der Waals surface area contributed by atoms with Crippen LogP contribution < -0.4 is 15.4 Å². The van der Waals surface area contributed by atoms with Crippen molar-refractivity contribution in [2.75, 3.05) is 25.1 Å². The zero-order valence-corrected chi connectivity index (χ0v) is 20.0. The molecule has 1 saturated heterocycles. The molecule has 1 aromatic heterocycles. The monoisotopic (exact) mass is 465 g/mol. The topological polar surface area (TPSA) is 72.5 Å². The van der Waals surface area contributed by atoms with E-state index in [1.165, 1.54) is 12.1 Å². The maximum atomic E-state index is 14.7. The molecular formula is C27H32FN3O3. The molecule has 0 bridgehead atoms. The first kappa shape index (κ1) is 24.1. The number of hydrogen-bond donors (Lipinski definition) is 2. The second-order valence-corrected chi connectivity index (χ2v) is 9.22. The quantitative estimate of drug-likeness (QED) is 0.452. The molecule has 6 nitrogen and oxygen atoms in total. The van der Waals surface area contributed by atoms with Crippen LogP contribution in [0.3, 0.4) is 0 Å². The van der Waals surface area contributed by atoms with Crippen molar-refractivity contribution in [2.45, 2.75) is 46.3 Å². The zero-order chi connectivity index (χ0) is 24.1. The minimum Gasteiger partial charge on any atom is -0.491 e. The molecule has 34 heavy (non-hydrogen) atoms. The van der Waals surface area contributed by atoms with E-state index in [0.29, 0.717) is 24.0 Å². The van der Waals surface area contributed by atoms with Gasteiger partial charge in [0.05, 0.1) is 17.2 Å². The van der Waals surface area contributed by atoms with E-state index in [-0.39, 0.29) is 11.7 Å². The molecular weight excluding hydrogens is 433 g/mol. The van der Waals surface area contributed by atoms with E-state index in [9.17, 15) is 9.18 Å². The summed E-state index contributed by atoms with van der Waals surface area (Å²) in [5.74, 6) is -0.172. The number of halogens is 1. The van der Waals surface area contributed by atoms with E-state index < -0.39 is 11.7 Å². The zero-order valence-electron chi connectivity index (χ0n) is 20.0. The number of anilines is 1. The van der Waals surface area contributed by atoms with Crippen LogP contribution in [0.2, 0.25) is 0 Å². The fraction of sp³-hybridized carbons (Fsp3) is 0.407. The van der Waals surface area contributed by atoms with Gasteiger partial charge in [0.25, 0.3) is 5.91 Å². The van der Waals surface area contributed by atoms with Crippen molar-refractivity contribution < 1.29 is 18.7 Å². The second kappa shape index (κ2) is 10.9. The molecule has 180 valence electrons. The average molecular weight is 466 g/mol. The number of nitrogens with zero attached hydrogens (tertiary/aromatic N) is 1. The highest BCUT2D eigenvalue weighted by Crippen LogP contribution is 2.26. The highest BCUT2D eigenvalue weighted by atomic mass is 19.1. The highest BCUT2D eigenvalue weighted by molar-refractivity contribution is 6.06. The van der Waals surface area contributed by atoms with Crippen LogP contribution in [0.5, 0.6) is 5.75 Å². The van der Waals surface area contributed by atoms with Crippen molar-refractivity contribution in [3.05, 3.63) is 65.1 Å². The maximum Gasteiger partial charge on any atom is 0.258 e. The third-order valence-corrected chi connectivity index (χ3v) is 5.94. The number of carbonyl (C=O) groups is 1. The summed E-state index contributed by atoms with van der Waals surface area (Å²) in [6.45, 7) is 9.06. The molecule has 1 amide bonds. The van der Waals surface area contributed by atoms with E-state index in [1.54, 1.807) is 6.07 Å². The van der Waals surface area contributed by atoms with Crippen molar-refractivity contribution in [3.8, 4) is 5.75 Å². The molecule has 1 atom stereocenters. The number of amides is 1. The number of aromatic nitrogens is 1. The Morgan fingerprint density at radius 3 is 2.85 bits per heavy atom. The first-order chi connectivity index (χ1) is 16.4. The summed E-state index contributed by atoms with van der Waals surface area (Å²) >= 11 is 0. The van der Waals surface area contributed by atoms with Gasteiger partial charge in [-0.3, -0.25) is 9.78 Å². The minimum absolute atomic E-state index is 0.0384. The van der Waals surface area contributed by atoms with Crippen LogP contribution in [0.1, 0.15) is 48.2 Å². The van der Waals surface area contributed by atoms with Gasteiger partial charge in [0, 0.05) is 36.5 Å². The Balaban J connectivity index is 1.43. The number of ether oxygens (including phenoxy) is 2. The summed E-state index contributed by atoms with van der Waals surface area (Å²) in [4.78, 5) is 17.4. The maximum absolute atomic E-state index is 14.7. The summed E-state index contributed by atoms with van der Waals surface area (Å²) < 4.78 is 25.8. The van der Waals surface area contributed by atoms with Gasteiger partial charge in [-0.25, -0.2) is 4.39 Å². The number of fused-ring (bicyclic) bond motifs is 1. The van der Waals surface area contributed by atoms with E-state index in [1.807, 2.05) is 25.3 Å². The van der Waals surface area contributed by atoms with Crippen LogP contribution >= 0.6 is 0 Å². The smallest absolute Gasteiger partial charge is 0.258 e. The van der Waals surface area contributed by atoms with Crippen LogP contribution in [0, 0.1) is 18.7 Å². The summed E-state index contributed by atoms with van der Waals surface area (Å²) in [6, 6.07) is 10.2. The molecule has 7 heteroatoms. The summed E-state index contributed by atoms with van der Waals surface area (Å²) in [5.41, 5.74) is 3.32. The Bertz CT molecular complexity index is 1160. The average Bonchev–Trinajstić information content (AvgIpc) is 3.33. The van der Waals surface area contributed by atoms with Gasteiger partial charge in [-0.2, -0.15) is 0 Å². The molecule has 0 spiro atoms. The molecule has 3 aromatic rings. The number of benzene rings is 2. The highest BCUT2D eigenvalue weighted by Gasteiger charge is 2.18. The van der Waals surface area contributed by atoms with E-state index in [4.69, 9.17) is 9.47 Å². The minimum atomic E-state index is -0.627. The second-order valence-electron chi connectivity index (χ2n) is 9.22. The Morgan fingerprint density at radius 2 is 2.12 bits per heavy atom. The van der Waals surface area contributed by atoms with Gasteiger partial charge in [0.15, 0.2) is 0 Å². The third-order valence-electron chi connectivity index (χ3n) is 5.94. The van der Waals surface area contributed by atoms with Gasteiger partial charge in [-0.1, -0.05) is 19.9 Å². The predicted molar refractivity (Wildman–Crippen MR) is 132 cm³/mol. The largest absolute Gasteiger partial charge is 0.491 e. The standard InChI is InChI=1S/C27H32FN3O3/c1-17(2)13-29-14-19-11-20-6-9-25(18(3)26(20)30-15-19)31-27(32)23-8-7-21(12-24(23)28)34-16-22-5-4-10-33-22/h6-9,11-12,15,17,22,29H,4-5,10,13-14,16H2,1-3H3,(H,31,32)/t22-/m0/s1. The van der Waals surface area contributed by atoms with Gasteiger partial charge in [-0.05, 0) is 67.6 Å². The molecule has 4 rings (SSSR count). The van der Waals surface area contributed by atoms with Crippen LogP contribution in [-0.2, 0) is 11.3 Å². The molecule has 2 heterocycles. The van der Waals surface area contributed by atoms with E-state index in [2.05, 4.69) is 35.5 Å². The van der Waals surface area contributed by atoms with Gasteiger partial charge < -0.3 is 20.1 Å². The lowest BCUT2D eigenvalue weighted by Gasteiger charge is -2.14. The van der Waals surface area contributed by atoms with E-state index >= 15 is 0 Å². The van der Waals surface area contributed by atoms with Crippen molar-refractivity contribution in [1.29, 1.82) is 0 Å². The summed E-state index contributed by atoms with van der Waals surface area (Å²) in [6.07, 6.45) is 3.85. The lowest BCUT2D eigenvalue weighted by atomic mass is 10.1. The molecule has 1 aliphatic rings. The molecule has 1 fully saturated rings. The molecule has 1 aliphatic heterocycles. The number of nitrogens with one attached hydrogen (secondary N) is 2. The van der Waals surface area contributed by atoms with Gasteiger partial charge >= 0.3 is 0 Å². The van der Waals surface area contributed by atoms with Crippen molar-refractivity contribution in [1.82, 2.24) is 10.3 Å². The van der Waals surface area contributed by atoms with Gasteiger partial charge in [0.1, 0.15) is 18.2 Å². The van der Waals surface area contributed by atoms with Crippen LogP contribution in [0.25, 0.3) is 10.9 Å². The molecule has 0 unspecified atom stereocenters. The SMILES string of the molecule is Cc1c(NC(=O)c2ccc(OC[C@@H]3CCCO3)cc2F)ccc2cc(CNCC(C)C)cnc12. The molecule has 2 N–H and O–H groups in total. The Morgan fingerprint density at radius 1 is 1.26 bits per heavy atom. The van der Waals surface area contributed by atoms with Crippen LogP contribution in [-0.4, -0.2) is 36.8 Å². The number of carbonyl (C=O) groups excluding carboxylic acids is 1. The Labute approximate surface area is 199 Å². The lowest BCUT2D eigenvalue weighted by molar-refractivity contribution is 0.0678. The number of hydrogen-bond acceptors (Lipinski definition) is 5. The Kier molecular flexibility index (Phi) is 7.75. The predicted octanol–water partition coefficient (Wildman–Crippen LogP) is 5.24. The van der Waals surface area contributed by atoms with Gasteiger partial charge in [-0.15, -0.1) is 0 Å². The summed E-state index contributed by atoms with van der Waals surface area (Å²) in [7, 11) is 0. The number of rotatable bonds is 9. The van der Waals surface area contributed by atoms with Crippen molar-refractivity contribution in [3.63, 3.8) is 0 Å². The Hall–Kier alpha value is -3.03. The molecule has 2 aromatic carbocycles. The third kappa shape index (κ3) is 5.90. The van der Waals surface area contributed by atoms with Gasteiger partial charge in [0.2, 0.25) is 0 Å². The first-order valence-corrected chi connectivity index (χ1v) is 11.8. The van der Waals surface area contributed by atoms with Crippen LogP contribution in [0.15, 0.2) is 42.6 Å². The molecule has 0 radical (unpaired) electrons. The fourth-order valence-corrected chi connectivity index (χ4v) is 4.06. The molecule has 0 saturated carbocycles. The number of aryl methyl sites for hydroxylation is 1. The van der Waals surface area contributed by atoms with Crippen molar-refractivity contribution >= 4 is 22.5 Å². The fourth-order valence-electron chi connectivity index (χ4n) is 4.06. The molecule has 0 aliphatic carbocycles. The number of pyridine rings is 1. The normalized spacial score (nSPS) is 15.7. The summed E-state index contributed by atoms with van der Waals surface area (Å²) in [5, 5.41) is 7.24. The van der Waals surface area contributed by atoms with Crippen LogP contribution in [0.4, 0.5) is 10.1 Å².